The molecule has 0 radical (unpaired) electrons. The maximum absolute atomic E-state index is 6.02. The van der Waals surface area contributed by atoms with E-state index in [2.05, 4.69) is 38.2 Å². The second-order valence-corrected chi connectivity index (χ2v) is 5.95. The Morgan fingerprint density at radius 1 is 1.38 bits per heavy atom. The quantitative estimate of drug-likeness (QED) is 0.767. The van der Waals surface area contributed by atoms with Crippen LogP contribution in [-0.2, 0) is 6.54 Å². The predicted octanol–water partition coefficient (Wildman–Crippen LogP) is 4.20. The monoisotopic (exact) mass is 257 g/mol. The molecule has 0 spiro atoms. The molecule has 0 aromatic heterocycles. The zero-order valence-corrected chi connectivity index (χ0v) is 11.8. The lowest BCUT2D eigenvalue weighted by Crippen LogP contribution is -2.19. The maximum Gasteiger partial charge on any atom is 0.0410 e. The molecule has 0 saturated heterocycles. The van der Waals surface area contributed by atoms with E-state index in [0.29, 0.717) is 5.92 Å². The molecule has 0 heterocycles. The molecule has 0 aliphatic rings. The molecule has 0 fully saturated rings. The van der Waals surface area contributed by atoms with Crippen molar-refractivity contribution in [3.63, 3.8) is 0 Å². The van der Waals surface area contributed by atoms with Crippen molar-refractivity contribution in [3.05, 3.63) is 28.8 Å². The van der Waals surface area contributed by atoms with Gasteiger partial charge in [-0.2, -0.15) is 0 Å². The van der Waals surface area contributed by atoms with Crippen molar-refractivity contribution >= 4 is 23.4 Å². The molecule has 1 rings (SSSR count). The number of halogens is 1. The van der Waals surface area contributed by atoms with Crippen molar-refractivity contribution in [3.8, 4) is 0 Å². The number of rotatable bonds is 6. The molecule has 0 atom stereocenters. The molecule has 0 bridgehead atoms. The lowest BCUT2D eigenvalue weighted by Gasteiger charge is -2.11. The molecule has 1 aromatic rings. The van der Waals surface area contributed by atoms with Crippen molar-refractivity contribution in [2.24, 2.45) is 5.92 Å². The molecule has 0 aliphatic carbocycles. The average molecular weight is 258 g/mol. The SMILES string of the molecule is CCSc1ccc(Cl)cc1CNCC(C)C. The highest BCUT2D eigenvalue weighted by atomic mass is 35.5. The van der Waals surface area contributed by atoms with E-state index in [0.717, 1.165) is 23.9 Å². The van der Waals surface area contributed by atoms with E-state index in [9.17, 15) is 0 Å². The van der Waals surface area contributed by atoms with Crippen molar-refractivity contribution in [1.82, 2.24) is 5.32 Å². The van der Waals surface area contributed by atoms with Gasteiger partial charge in [-0.05, 0) is 42.0 Å². The summed E-state index contributed by atoms with van der Waals surface area (Å²) in [6.45, 7) is 8.55. The summed E-state index contributed by atoms with van der Waals surface area (Å²) in [6.07, 6.45) is 0. The van der Waals surface area contributed by atoms with E-state index in [1.54, 1.807) is 0 Å². The molecule has 0 unspecified atom stereocenters. The minimum atomic E-state index is 0.682. The molecule has 0 amide bonds. The largest absolute Gasteiger partial charge is 0.312 e. The molecule has 1 aromatic carbocycles. The Hall–Kier alpha value is -0.180. The highest BCUT2D eigenvalue weighted by Gasteiger charge is 2.03. The Morgan fingerprint density at radius 3 is 2.75 bits per heavy atom. The van der Waals surface area contributed by atoms with Crippen LogP contribution in [0.15, 0.2) is 23.1 Å². The smallest absolute Gasteiger partial charge is 0.0410 e. The van der Waals surface area contributed by atoms with E-state index >= 15 is 0 Å². The first-order valence-electron chi connectivity index (χ1n) is 5.75. The fraction of sp³-hybridized carbons (Fsp3) is 0.538. The van der Waals surface area contributed by atoms with Gasteiger partial charge in [0.05, 0.1) is 0 Å². The van der Waals surface area contributed by atoms with E-state index < -0.39 is 0 Å². The third kappa shape index (κ3) is 4.77. The summed E-state index contributed by atoms with van der Waals surface area (Å²) in [4.78, 5) is 1.34. The van der Waals surface area contributed by atoms with Gasteiger partial charge in [0.25, 0.3) is 0 Å². The van der Waals surface area contributed by atoms with Gasteiger partial charge in [-0.25, -0.2) is 0 Å². The molecule has 90 valence electrons. The fourth-order valence-electron chi connectivity index (χ4n) is 1.48. The van der Waals surface area contributed by atoms with Crippen LogP contribution in [0.2, 0.25) is 5.02 Å². The number of thioether (sulfide) groups is 1. The summed E-state index contributed by atoms with van der Waals surface area (Å²) >= 11 is 7.89. The van der Waals surface area contributed by atoms with Gasteiger partial charge in [0, 0.05) is 16.5 Å². The van der Waals surface area contributed by atoms with Crippen molar-refractivity contribution in [2.45, 2.75) is 32.2 Å². The predicted molar refractivity (Wildman–Crippen MR) is 74.4 cm³/mol. The van der Waals surface area contributed by atoms with Crippen LogP contribution in [0.1, 0.15) is 26.3 Å². The Labute approximate surface area is 108 Å². The highest BCUT2D eigenvalue weighted by Crippen LogP contribution is 2.25. The molecule has 1 nitrogen and oxygen atoms in total. The first-order chi connectivity index (χ1) is 7.63. The van der Waals surface area contributed by atoms with Crippen LogP contribution in [0.5, 0.6) is 0 Å². The lowest BCUT2D eigenvalue weighted by atomic mass is 10.2. The fourth-order valence-corrected chi connectivity index (χ4v) is 2.46. The van der Waals surface area contributed by atoms with Crippen molar-refractivity contribution < 1.29 is 0 Å². The molecule has 0 saturated carbocycles. The maximum atomic E-state index is 6.02. The summed E-state index contributed by atoms with van der Waals surface area (Å²) < 4.78 is 0. The molecule has 3 heteroatoms. The standard InChI is InChI=1S/C13H20ClNS/c1-4-16-13-6-5-12(14)7-11(13)9-15-8-10(2)3/h5-7,10,15H,4,8-9H2,1-3H3. The average Bonchev–Trinajstić information content (AvgIpc) is 2.21. The first-order valence-corrected chi connectivity index (χ1v) is 7.11. The normalized spacial score (nSPS) is 11.1. The van der Waals surface area contributed by atoms with Gasteiger partial charge in [0.2, 0.25) is 0 Å². The van der Waals surface area contributed by atoms with Crippen LogP contribution in [0.25, 0.3) is 0 Å². The van der Waals surface area contributed by atoms with Gasteiger partial charge in [0.15, 0.2) is 0 Å². The number of hydrogen-bond acceptors (Lipinski definition) is 2. The number of hydrogen-bond donors (Lipinski definition) is 1. The summed E-state index contributed by atoms with van der Waals surface area (Å²) in [5.41, 5.74) is 1.31. The molecule has 0 aliphatic heterocycles. The highest BCUT2D eigenvalue weighted by molar-refractivity contribution is 7.99. The Bertz CT molecular complexity index is 326. The second-order valence-electron chi connectivity index (χ2n) is 4.21. The van der Waals surface area contributed by atoms with Gasteiger partial charge in [0.1, 0.15) is 0 Å². The van der Waals surface area contributed by atoms with Crippen LogP contribution in [0.3, 0.4) is 0 Å². The third-order valence-corrected chi connectivity index (χ3v) is 3.42. The van der Waals surface area contributed by atoms with Crippen molar-refractivity contribution in [2.75, 3.05) is 12.3 Å². The van der Waals surface area contributed by atoms with Gasteiger partial charge < -0.3 is 5.32 Å². The summed E-state index contributed by atoms with van der Waals surface area (Å²) in [6, 6.07) is 6.14. The van der Waals surface area contributed by atoms with E-state index in [-0.39, 0.29) is 0 Å². The van der Waals surface area contributed by atoms with Crippen LogP contribution in [-0.4, -0.2) is 12.3 Å². The van der Waals surface area contributed by atoms with Crippen LogP contribution < -0.4 is 5.32 Å². The van der Waals surface area contributed by atoms with Crippen LogP contribution >= 0.6 is 23.4 Å². The van der Waals surface area contributed by atoms with Gasteiger partial charge in [-0.1, -0.05) is 32.4 Å². The summed E-state index contributed by atoms with van der Waals surface area (Å²) in [5.74, 6) is 1.78. The molecule has 1 N–H and O–H groups in total. The van der Waals surface area contributed by atoms with E-state index in [4.69, 9.17) is 11.6 Å². The first kappa shape index (κ1) is 13.9. The topological polar surface area (TPSA) is 12.0 Å². The van der Waals surface area contributed by atoms with Gasteiger partial charge in [-0.15, -0.1) is 11.8 Å². The summed E-state index contributed by atoms with van der Waals surface area (Å²) in [7, 11) is 0. The summed E-state index contributed by atoms with van der Waals surface area (Å²) in [5, 5.41) is 4.28. The zero-order chi connectivity index (χ0) is 12.0. The minimum Gasteiger partial charge on any atom is -0.312 e. The van der Waals surface area contributed by atoms with Crippen molar-refractivity contribution in [1.29, 1.82) is 0 Å². The third-order valence-electron chi connectivity index (χ3n) is 2.19. The number of nitrogens with one attached hydrogen (secondary N) is 1. The number of benzene rings is 1. The Kier molecular flexibility index (Phi) is 6.25. The second kappa shape index (κ2) is 7.21. The van der Waals surface area contributed by atoms with Crippen LogP contribution in [0, 0.1) is 5.92 Å². The zero-order valence-electron chi connectivity index (χ0n) is 10.2. The van der Waals surface area contributed by atoms with Crippen LogP contribution in [0.4, 0.5) is 0 Å². The lowest BCUT2D eigenvalue weighted by molar-refractivity contribution is 0.550. The van der Waals surface area contributed by atoms with Gasteiger partial charge >= 0.3 is 0 Å². The minimum absolute atomic E-state index is 0.682. The Balaban J connectivity index is 2.64. The van der Waals surface area contributed by atoms with Gasteiger partial charge in [-0.3, -0.25) is 0 Å². The van der Waals surface area contributed by atoms with E-state index in [1.165, 1.54) is 10.5 Å². The molecular weight excluding hydrogens is 238 g/mol. The molecular formula is C13H20ClNS. The van der Waals surface area contributed by atoms with E-state index in [1.807, 2.05) is 17.8 Å². The molecule has 16 heavy (non-hydrogen) atoms. The Morgan fingerprint density at radius 2 is 2.12 bits per heavy atom.